The van der Waals surface area contributed by atoms with Crippen molar-refractivity contribution in [3.8, 4) is 0 Å². The van der Waals surface area contributed by atoms with E-state index in [9.17, 15) is 9.18 Å². The molecule has 2 nitrogen and oxygen atoms in total. The number of hydrogen-bond donors (Lipinski definition) is 0. The third-order valence-corrected chi connectivity index (χ3v) is 2.81. The standard InChI is InChI=1S/C14H19FO2/c1-5-6-12(17-4)14(16)13-10(3)7-9(2)8-11(13)15/h7-8,12H,5-6H2,1-4H3. The Kier molecular flexibility index (Phi) is 4.82. The fourth-order valence-electron chi connectivity index (χ4n) is 2.01. The van der Waals surface area contributed by atoms with Crippen LogP contribution in [0, 0.1) is 19.7 Å². The fourth-order valence-corrected chi connectivity index (χ4v) is 2.01. The first-order chi connectivity index (χ1) is 8.01. The maximum absolute atomic E-state index is 13.8. The van der Waals surface area contributed by atoms with Gasteiger partial charge in [0.05, 0.1) is 5.56 Å². The average Bonchev–Trinajstić information content (AvgIpc) is 2.24. The molecule has 94 valence electrons. The van der Waals surface area contributed by atoms with Crippen molar-refractivity contribution in [1.82, 2.24) is 0 Å². The van der Waals surface area contributed by atoms with Crippen LogP contribution in [-0.4, -0.2) is 19.0 Å². The predicted molar refractivity (Wildman–Crippen MR) is 65.9 cm³/mol. The third kappa shape index (κ3) is 3.13. The van der Waals surface area contributed by atoms with Crippen LogP contribution in [0.25, 0.3) is 0 Å². The van der Waals surface area contributed by atoms with Crippen molar-refractivity contribution in [3.63, 3.8) is 0 Å². The van der Waals surface area contributed by atoms with Gasteiger partial charge >= 0.3 is 0 Å². The molecule has 3 heteroatoms. The van der Waals surface area contributed by atoms with Gasteiger partial charge in [0.1, 0.15) is 11.9 Å². The Balaban J connectivity index is 3.11. The summed E-state index contributed by atoms with van der Waals surface area (Å²) in [6.07, 6.45) is 0.898. The molecule has 0 spiro atoms. The Morgan fingerprint density at radius 1 is 1.41 bits per heavy atom. The van der Waals surface area contributed by atoms with Crippen LogP contribution in [0.15, 0.2) is 12.1 Å². The summed E-state index contributed by atoms with van der Waals surface area (Å²) >= 11 is 0. The summed E-state index contributed by atoms with van der Waals surface area (Å²) < 4.78 is 19.0. The highest BCUT2D eigenvalue weighted by molar-refractivity contribution is 6.01. The number of Topliss-reactive ketones (excluding diaryl/α,β-unsaturated/α-hetero) is 1. The van der Waals surface area contributed by atoms with Crippen LogP contribution in [0.1, 0.15) is 41.3 Å². The van der Waals surface area contributed by atoms with Gasteiger partial charge in [-0.25, -0.2) is 4.39 Å². The number of hydrogen-bond acceptors (Lipinski definition) is 2. The molecule has 0 aliphatic carbocycles. The van der Waals surface area contributed by atoms with E-state index in [1.807, 2.05) is 19.9 Å². The van der Waals surface area contributed by atoms with Gasteiger partial charge in [-0.2, -0.15) is 0 Å². The smallest absolute Gasteiger partial charge is 0.194 e. The monoisotopic (exact) mass is 238 g/mol. The van der Waals surface area contributed by atoms with Crippen molar-refractivity contribution in [2.75, 3.05) is 7.11 Å². The Morgan fingerprint density at radius 3 is 2.53 bits per heavy atom. The van der Waals surface area contributed by atoms with Crippen molar-refractivity contribution in [1.29, 1.82) is 0 Å². The Bertz CT molecular complexity index is 390. The van der Waals surface area contributed by atoms with Crippen LogP contribution in [0.5, 0.6) is 0 Å². The van der Waals surface area contributed by atoms with Gasteiger partial charge in [-0.3, -0.25) is 4.79 Å². The zero-order valence-electron chi connectivity index (χ0n) is 10.8. The first-order valence-electron chi connectivity index (χ1n) is 5.85. The molecule has 0 aliphatic heterocycles. The lowest BCUT2D eigenvalue weighted by Crippen LogP contribution is -2.24. The minimum Gasteiger partial charge on any atom is -0.373 e. The number of benzene rings is 1. The van der Waals surface area contributed by atoms with Gasteiger partial charge in [0, 0.05) is 7.11 Å². The Labute approximate surface area is 102 Å². The van der Waals surface area contributed by atoms with Crippen molar-refractivity contribution in [2.45, 2.75) is 39.7 Å². The van der Waals surface area contributed by atoms with Crippen LogP contribution in [0.4, 0.5) is 4.39 Å². The molecule has 1 rings (SSSR count). The van der Waals surface area contributed by atoms with Crippen LogP contribution < -0.4 is 0 Å². The summed E-state index contributed by atoms with van der Waals surface area (Å²) in [5.41, 5.74) is 1.66. The first kappa shape index (κ1) is 13.8. The molecule has 0 saturated carbocycles. The SMILES string of the molecule is CCCC(OC)C(=O)c1c(C)cc(C)cc1F. The van der Waals surface area contributed by atoms with Gasteiger partial charge in [-0.15, -0.1) is 0 Å². The zero-order valence-corrected chi connectivity index (χ0v) is 10.8. The fraction of sp³-hybridized carbons (Fsp3) is 0.500. The highest BCUT2D eigenvalue weighted by atomic mass is 19.1. The van der Waals surface area contributed by atoms with E-state index < -0.39 is 11.9 Å². The minimum atomic E-state index is -0.545. The second-order valence-corrected chi connectivity index (χ2v) is 4.32. The maximum Gasteiger partial charge on any atom is 0.194 e. The van der Waals surface area contributed by atoms with E-state index in [-0.39, 0.29) is 11.3 Å². The molecule has 1 unspecified atom stereocenters. The zero-order chi connectivity index (χ0) is 13.0. The molecule has 0 fully saturated rings. The minimum absolute atomic E-state index is 0.163. The van der Waals surface area contributed by atoms with Crippen molar-refractivity contribution >= 4 is 5.78 Å². The number of ether oxygens (including phenoxy) is 1. The van der Waals surface area contributed by atoms with E-state index >= 15 is 0 Å². The van der Waals surface area contributed by atoms with Gasteiger partial charge < -0.3 is 4.74 Å². The molecule has 1 aromatic rings. The second-order valence-electron chi connectivity index (χ2n) is 4.32. The molecular formula is C14H19FO2. The van der Waals surface area contributed by atoms with Crippen molar-refractivity contribution < 1.29 is 13.9 Å². The summed E-state index contributed by atoms with van der Waals surface area (Å²) in [5, 5.41) is 0. The molecule has 0 amide bonds. The number of carbonyl (C=O) groups is 1. The van der Waals surface area contributed by atoms with Gasteiger partial charge in [0.15, 0.2) is 5.78 Å². The van der Waals surface area contributed by atoms with Gasteiger partial charge in [0.2, 0.25) is 0 Å². The summed E-state index contributed by atoms with van der Waals surface area (Å²) in [5.74, 6) is -0.713. The normalized spacial score (nSPS) is 12.5. The molecule has 0 aliphatic rings. The number of ketones is 1. The van der Waals surface area contributed by atoms with E-state index in [0.717, 1.165) is 12.0 Å². The molecule has 0 saturated heterocycles. The number of halogens is 1. The van der Waals surface area contributed by atoms with Crippen LogP contribution in [-0.2, 0) is 4.74 Å². The van der Waals surface area contributed by atoms with E-state index in [1.165, 1.54) is 13.2 Å². The molecule has 0 radical (unpaired) electrons. The summed E-state index contributed by atoms with van der Waals surface area (Å²) in [6.45, 7) is 5.53. The number of carbonyl (C=O) groups excluding carboxylic acids is 1. The van der Waals surface area contributed by atoms with E-state index in [0.29, 0.717) is 12.0 Å². The van der Waals surface area contributed by atoms with E-state index in [2.05, 4.69) is 0 Å². The summed E-state index contributed by atoms with van der Waals surface area (Å²) in [6, 6.07) is 3.20. The van der Waals surface area contributed by atoms with E-state index in [4.69, 9.17) is 4.74 Å². The third-order valence-electron chi connectivity index (χ3n) is 2.81. The van der Waals surface area contributed by atoms with Crippen molar-refractivity contribution in [2.24, 2.45) is 0 Å². The second kappa shape index (κ2) is 5.92. The molecule has 17 heavy (non-hydrogen) atoms. The van der Waals surface area contributed by atoms with Gasteiger partial charge in [-0.05, 0) is 37.5 Å². The lowest BCUT2D eigenvalue weighted by molar-refractivity contribution is 0.0574. The number of rotatable bonds is 5. The number of aryl methyl sites for hydroxylation is 2. The van der Waals surface area contributed by atoms with Crippen molar-refractivity contribution in [3.05, 3.63) is 34.6 Å². The van der Waals surface area contributed by atoms with Crippen LogP contribution in [0.3, 0.4) is 0 Å². The lowest BCUT2D eigenvalue weighted by Gasteiger charge is -2.15. The molecular weight excluding hydrogens is 219 g/mol. The molecule has 0 bridgehead atoms. The maximum atomic E-state index is 13.8. The molecule has 1 atom stereocenters. The quantitative estimate of drug-likeness (QED) is 0.734. The predicted octanol–water partition coefficient (Wildman–Crippen LogP) is 3.44. The topological polar surface area (TPSA) is 26.3 Å². The molecule has 0 N–H and O–H groups in total. The van der Waals surface area contributed by atoms with Crippen LogP contribution in [0.2, 0.25) is 0 Å². The summed E-state index contributed by atoms with van der Waals surface area (Å²) in [4.78, 5) is 12.2. The average molecular weight is 238 g/mol. The largest absolute Gasteiger partial charge is 0.373 e. The summed E-state index contributed by atoms with van der Waals surface area (Å²) in [7, 11) is 1.49. The highest BCUT2D eigenvalue weighted by Gasteiger charge is 2.23. The highest BCUT2D eigenvalue weighted by Crippen LogP contribution is 2.19. The molecule has 0 aromatic heterocycles. The van der Waals surface area contributed by atoms with Gasteiger partial charge in [0.25, 0.3) is 0 Å². The van der Waals surface area contributed by atoms with Gasteiger partial charge in [-0.1, -0.05) is 19.4 Å². The van der Waals surface area contributed by atoms with E-state index in [1.54, 1.807) is 6.92 Å². The van der Waals surface area contributed by atoms with Crippen LogP contribution >= 0.6 is 0 Å². The Morgan fingerprint density at radius 2 is 2.06 bits per heavy atom. The molecule has 0 heterocycles. The lowest BCUT2D eigenvalue weighted by atomic mass is 9.96. The number of methoxy groups -OCH3 is 1. The molecule has 1 aromatic carbocycles. The first-order valence-corrected chi connectivity index (χ1v) is 5.85. The Hall–Kier alpha value is -1.22.